The van der Waals surface area contributed by atoms with Crippen LogP contribution in [0.5, 0.6) is 0 Å². The molecule has 1 nitrogen and oxygen atoms in total. The van der Waals surface area contributed by atoms with Gasteiger partial charge in [-0.2, -0.15) is 0 Å². The van der Waals surface area contributed by atoms with Crippen LogP contribution in [-0.2, 0) is 5.33 Å². The van der Waals surface area contributed by atoms with Crippen molar-refractivity contribution in [1.29, 1.82) is 0 Å². The summed E-state index contributed by atoms with van der Waals surface area (Å²) in [6, 6.07) is 5.24. The molecule has 0 unspecified atom stereocenters. The van der Waals surface area contributed by atoms with Crippen molar-refractivity contribution in [2.24, 2.45) is 0 Å². The summed E-state index contributed by atoms with van der Waals surface area (Å²) >= 11 is 3.27. The Kier molecular flexibility index (Phi) is 3.09. The summed E-state index contributed by atoms with van der Waals surface area (Å²) in [5.41, 5.74) is 1.58. The molecule has 0 spiro atoms. The zero-order valence-electron chi connectivity index (χ0n) is 7.14. The van der Waals surface area contributed by atoms with Gasteiger partial charge >= 0.3 is 0 Å². The van der Waals surface area contributed by atoms with Crippen LogP contribution in [0.1, 0.15) is 5.56 Å². The Labute approximate surface area is 80.3 Å². The summed E-state index contributed by atoms with van der Waals surface area (Å²) in [7, 11) is 3.65. The molecule has 0 bridgehead atoms. The molecule has 0 saturated heterocycles. The zero-order chi connectivity index (χ0) is 9.14. The lowest BCUT2D eigenvalue weighted by molar-refractivity contribution is 0.625. The second kappa shape index (κ2) is 3.90. The summed E-state index contributed by atoms with van der Waals surface area (Å²) in [4.78, 5) is 1.76. The number of anilines is 1. The Hall–Kier alpha value is -0.570. The van der Waals surface area contributed by atoms with E-state index in [4.69, 9.17) is 0 Å². The van der Waals surface area contributed by atoms with Crippen molar-refractivity contribution in [2.45, 2.75) is 5.33 Å². The fourth-order valence-electron chi connectivity index (χ4n) is 0.996. The predicted octanol–water partition coefficient (Wildman–Crippen LogP) is 2.79. The normalized spacial score (nSPS) is 10.0. The first-order chi connectivity index (χ1) is 5.65. The van der Waals surface area contributed by atoms with Crippen LogP contribution in [0.3, 0.4) is 0 Å². The average molecular weight is 232 g/mol. The minimum Gasteiger partial charge on any atom is -0.375 e. The van der Waals surface area contributed by atoms with Gasteiger partial charge in [0, 0.05) is 19.4 Å². The predicted molar refractivity (Wildman–Crippen MR) is 53.4 cm³/mol. The Bertz CT molecular complexity index is 273. The number of alkyl halides is 1. The van der Waals surface area contributed by atoms with E-state index in [2.05, 4.69) is 15.9 Å². The van der Waals surface area contributed by atoms with E-state index in [1.54, 1.807) is 17.0 Å². The largest absolute Gasteiger partial charge is 0.375 e. The Morgan fingerprint density at radius 3 is 2.50 bits per heavy atom. The van der Waals surface area contributed by atoms with Gasteiger partial charge in [0.05, 0.1) is 5.69 Å². The first-order valence-corrected chi connectivity index (χ1v) is 4.79. The van der Waals surface area contributed by atoms with Gasteiger partial charge in [0.2, 0.25) is 0 Å². The monoisotopic (exact) mass is 231 g/mol. The molecule has 0 saturated carbocycles. The van der Waals surface area contributed by atoms with Gasteiger partial charge in [-0.1, -0.05) is 22.0 Å². The van der Waals surface area contributed by atoms with E-state index in [1.807, 2.05) is 20.2 Å². The van der Waals surface area contributed by atoms with Crippen LogP contribution in [-0.4, -0.2) is 14.1 Å². The molecule has 12 heavy (non-hydrogen) atoms. The van der Waals surface area contributed by atoms with E-state index in [-0.39, 0.29) is 5.82 Å². The summed E-state index contributed by atoms with van der Waals surface area (Å²) in [6.45, 7) is 0. The average Bonchev–Trinajstić information content (AvgIpc) is 2.03. The van der Waals surface area contributed by atoms with Crippen molar-refractivity contribution in [2.75, 3.05) is 19.0 Å². The number of hydrogen-bond acceptors (Lipinski definition) is 1. The van der Waals surface area contributed by atoms with E-state index in [0.29, 0.717) is 11.0 Å². The molecule has 0 N–H and O–H groups in total. The molecule has 0 radical (unpaired) electrons. The quantitative estimate of drug-likeness (QED) is 0.708. The van der Waals surface area contributed by atoms with E-state index in [9.17, 15) is 4.39 Å². The van der Waals surface area contributed by atoms with Crippen LogP contribution in [0.4, 0.5) is 10.1 Å². The van der Waals surface area contributed by atoms with E-state index in [0.717, 1.165) is 5.56 Å². The van der Waals surface area contributed by atoms with Crippen LogP contribution in [0.2, 0.25) is 0 Å². The Morgan fingerprint density at radius 2 is 2.08 bits per heavy atom. The molecular weight excluding hydrogens is 221 g/mol. The third-order valence-electron chi connectivity index (χ3n) is 1.65. The first kappa shape index (κ1) is 9.52. The second-order valence-electron chi connectivity index (χ2n) is 2.81. The summed E-state index contributed by atoms with van der Waals surface area (Å²) in [5, 5.41) is 0.692. The Morgan fingerprint density at radius 1 is 1.42 bits per heavy atom. The van der Waals surface area contributed by atoms with Crippen molar-refractivity contribution >= 4 is 21.6 Å². The summed E-state index contributed by atoms with van der Waals surface area (Å²) in [6.07, 6.45) is 0. The minimum absolute atomic E-state index is 0.169. The number of nitrogens with zero attached hydrogens (tertiary/aromatic N) is 1. The van der Waals surface area contributed by atoms with E-state index in [1.165, 1.54) is 0 Å². The molecule has 66 valence electrons. The van der Waals surface area contributed by atoms with Crippen molar-refractivity contribution in [3.63, 3.8) is 0 Å². The summed E-state index contributed by atoms with van der Waals surface area (Å²) in [5.74, 6) is -0.169. The third-order valence-corrected chi connectivity index (χ3v) is 2.30. The fraction of sp³-hybridized carbons (Fsp3) is 0.333. The van der Waals surface area contributed by atoms with Gasteiger partial charge in [-0.25, -0.2) is 4.39 Å². The van der Waals surface area contributed by atoms with Gasteiger partial charge in [-0.15, -0.1) is 0 Å². The lowest BCUT2D eigenvalue weighted by atomic mass is 10.2. The van der Waals surface area contributed by atoms with Crippen LogP contribution in [0.25, 0.3) is 0 Å². The van der Waals surface area contributed by atoms with Gasteiger partial charge in [0.1, 0.15) is 5.82 Å². The van der Waals surface area contributed by atoms with Gasteiger partial charge in [-0.05, 0) is 17.7 Å². The highest BCUT2D eigenvalue weighted by Crippen LogP contribution is 2.19. The number of benzene rings is 1. The maximum atomic E-state index is 13.2. The molecule has 0 amide bonds. The van der Waals surface area contributed by atoms with Gasteiger partial charge in [0.25, 0.3) is 0 Å². The van der Waals surface area contributed by atoms with Crippen molar-refractivity contribution in [3.05, 3.63) is 29.6 Å². The van der Waals surface area contributed by atoms with Gasteiger partial charge in [0.15, 0.2) is 0 Å². The molecule has 1 aromatic carbocycles. The smallest absolute Gasteiger partial charge is 0.146 e. The topological polar surface area (TPSA) is 3.24 Å². The highest BCUT2D eigenvalue weighted by molar-refractivity contribution is 9.08. The standard InChI is InChI=1S/C9H11BrFN/c1-12(2)9-4-3-7(6-10)5-8(9)11/h3-5H,6H2,1-2H3. The maximum Gasteiger partial charge on any atom is 0.146 e. The Balaban J connectivity index is 3.03. The molecule has 0 heterocycles. The SMILES string of the molecule is CN(C)c1ccc(CBr)cc1F. The lowest BCUT2D eigenvalue weighted by Crippen LogP contribution is -2.10. The summed E-state index contributed by atoms with van der Waals surface area (Å²) < 4.78 is 13.2. The molecule has 0 aliphatic heterocycles. The van der Waals surface area contributed by atoms with Crippen molar-refractivity contribution < 1.29 is 4.39 Å². The second-order valence-corrected chi connectivity index (χ2v) is 3.37. The highest BCUT2D eigenvalue weighted by atomic mass is 79.9. The van der Waals surface area contributed by atoms with Crippen molar-refractivity contribution in [3.8, 4) is 0 Å². The molecule has 1 aromatic rings. The number of rotatable bonds is 2. The molecule has 1 rings (SSSR count). The fourth-order valence-corrected chi connectivity index (χ4v) is 1.34. The van der Waals surface area contributed by atoms with E-state index < -0.39 is 0 Å². The minimum atomic E-state index is -0.169. The number of halogens is 2. The molecule has 3 heteroatoms. The van der Waals surface area contributed by atoms with Crippen LogP contribution >= 0.6 is 15.9 Å². The van der Waals surface area contributed by atoms with E-state index >= 15 is 0 Å². The molecule has 0 fully saturated rings. The zero-order valence-corrected chi connectivity index (χ0v) is 8.73. The van der Waals surface area contributed by atoms with Crippen LogP contribution < -0.4 is 4.90 Å². The van der Waals surface area contributed by atoms with Crippen molar-refractivity contribution in [1.82, 2.24) is 0 Å². The maximum absolute atomic E-state index is 13.2. The molecular formula is C9H11BrFN. The molecule has 0 aliphatic rings. The first-order valence-electron chi connectivity index (χ1n) is 3.67. The lowest BCUT2D eigenvalue weighted by Gasteiger charge is -2.13. The van der Waals surface area contributed by atoms with Gasteiger partial charge < -0.3 is 4.90 Å². The van der Waals surface area contributed by atoms with Crippen LogP contribution in [0, 0.1) is 5.82 Å². The van der Waals surface area contributed by atoms with Gasteiger partial charge in [-0.3, -0.25) is 0 Å². The van der Waals surface area contributed by atoms with Crippen LogP contribution in [0.15, 0.2) is 18.2 Å². The third kappa shape index (κ3) is 1.97. The highest BCUT2D eigenvalue weighted by Gasteiger charge is 2.03. The molecule has 0 atom stereocenters. The molecule has 0 aromatic heterocycles. The number of hydrogen-bond donors (Lipinski definition) is 0. The molecule has 0 aliphatic carbocycles.